The van der Waals surface area contributed by atoms with E-state index in [1.165, 1.54) is 17.7 Å². The van der Waals surface area contributed by atoms with Crippen molar-refractivity contribution in [2.45, 2.75) is 10.9 Å². The first-order valence-corrected chi connectivity index (χ1v) is 10.5. The van der Waals surface area contributed by atoms with E-state index in [2.05, 4.69) is 38.3 Å². The van der Waals surface area contributed by atoms with E-state index in [0.29, 0.717) is 5.82 Å². The number of thioether (sulfide) groups is 1. The van der Waals surface area contributed by atoms with E-state index >= 15 is 0 Å². The maximum Gasteiger partial charge on any atom is 0.269 e. The Morgan fingerprint density at radius 1 is 0.966 bits per heavy atom. The predicted octanol–water partition coefficient (Wildman–Crippen LogP) is 5.90. The summed E-state index contributed by atoms with van der Waals surface area (Å²) in [6, 6.07) is 24.3. The van der Waals surface area contributed by atoms with Crippen LogP contribution in [0.3, 0.4) is 0 Å². The largest absolute Gasteiger partial charge is 0.270 e. The Hall–Kier alpha value is -2.97. The van der Waals surface area contributed by atoms with Crippen molar-refractivity contribution in [2.24, 2.45) is 0 Å². The van der Waals surface area contributed by atoms with Crippen molar-refractivity contribution in [1.29, 1.82) is 0 Å². The second-order valence-corrected chi connectivity index (χ2v) is 8.06. The summed E-state index contributed by atoms with van der Waals surface area (Å²) in [5, 5.41) is 20.5. The maximum absolute atomic E-state index is 11.0. The molecule has 1 aromatic heterocycles. The van der Waals surface area contributed by atoms with E-state index in [1.54, 1.807) is 23.9 Å². The van der Waals surface area contributed by atoms with Crippen molar-refractivity contribution in [3.63, 3.8) is 0 Å². The monoisotopic (exact) mass is 466 g/mol. The summed E-state index contributed by atoms with van der Waals surface area (Å²) in [7, 11) is 0. The highest BCUT2D eigenvalue weighted by Gasteiger charge is 2.17. The Morgan fingerprint density at radius 3 is 2.41 bits per heavy atom. The van der Waals surface area contributed by atoms with Gasteiger partial charge in [0.1, 0.15) is 0 Å². The molecule has 4 rings (SSSR count). The van der Waals surface area contributed by atoms with Gasteiger partial charge in [0.15, 0.2) is 11.0 Å². The summed E-state index contributed by atoms with van der Waals surface area (Å²) in [5.74, 6) is 1.38. The molecule has 8 heteroatoms. The van der Waals surface area contributed by atoms with Crippen LogP contribution in [0.4, 0.5) is 5.69 Å². The number of non-ortho nitro benzene ring substituents is 1. The fourth-order valence-corrected chi connectivity index (χ4v) is 4.21. The molecule has 0 bridgehead atoms. The summed E-state index contributed by atoms with van der Waals surface area (Å²) in [6.45, 7) is 0. The minimum atomic E-state index is -0.412. The molecular weight excluding hydrogens is 452 g/mol. The van der Waals surface area contributed by atoms with E-state index < -0.39 is 4.92 Å². The van der Waals surface area contributed by atoms with Crippen LogP contribution >= 0.6 is 27.7 Å². The lowest BCUT2D eigenvalue weighted by atomic mass is 10.2. The first-order chi connectivity index (χ1) is 14.1. The summed E-state index contributed by atoms with van der Waals surface area (Å²) < 4.78 is 3.01. The lowest BCUT2D eigenvalue weighted by molar-refractivity contribution is -0.384. The number of benzene rings is 3. The number of rotatable bonds is 6. The lowest BCUT2D eigenvalue weighted by Crippen LogP contribution is -1.99. The zero-order valence-electron chi connectivity index (χ0n) is 15.1. The van der Waals surface area contributed by atoms with Gasteiger partial charge in [-0.05, 0) is 42.0 Å². The van der Waals surface area contributed by atoms with Crippen LogP contribution in [0, 0.1) is 10.1 Å². The van der Waals surface area contributed by atoms with Gasteiger partial charge in [0.2, 0.25) is 0 Å². The molecule has 1 heterocycles. The number of para-hydroxylation sites is 1. The Labute approximate surface area is 179 Å². The van der Waals surface area contributed by atoms with Crippen molar-refractivity contribution in [2.75, 3.05) is 0 Å². The van der Waals surface area contributed by atoms with Crippen LogP contribution in [0.2, 0.25) is 0 Å². The van der Waals surface area contributed by atoms with E-state index in [9.17, 15) is 10.1 Å². The van der Waals surface area contributed by atoms with Crippen molar-refractivity contribution < 1.29 is 4.92 Å². The van der Waals surface area contributed by atoms with Gasteiger partial charge in [0.05, 0.1) is 4.92 Å². The van der Waals surface area contributed by atoms with Crippen LogP contribution in [-0.4, -0.2) is 19.7 Å². The van der Waals surface area contributed by atoms with E-state index in [0.717, 1.165) is 26.6 Å². The number of nitro benzene ring substituents is 1. The highest BCUT2D eigenvalue weighted by Crippen LogP contribution is 2.30. The molecule has 0 fully saturated rings. The first kappa shape index (κ1) is 19.4. The number of hydrogen-bond acceptors (Lipinski definition) is 5. The van der Waals surface area contributed by atoms with Gasteiger partial charge in [0.25, 0.3) is 5.69 Å². The van der Waals surface area contributed by atoms with Gasteiger partial charge < -0.3 is 0 Å². The zero-order chi connectivity index (χ0) is 20.2. The minimum Gasteiger partial charge on any atom is -0.270 e. The Morgan fingerprint density at radius 2 is 1.72 bits per heavy atom. The SMILES string of the molecule is O=[N+]([O-])c1ccc(-c2nnc(SCc3cccc(Br)c3)n2-c2ccccc2)cc1. The minimum absolute atomic E-state index is 0.0452. The molecule has 144 valence electrons. The van der Waals surface area contributed by atoms with Gasteiger partial charge in [-0.15, -0.1) is 10.2 Å². The molecule has 0 aliphatic heterocycles. The van der Waals surface area contributed by atoms with Crippen molar-refractivity contribution in [1.82, 2.24) is 14.8 Å². The number of nitro groups is 1. The predicted molar refractivity (Wildman–Crippen MR) is 117 cm³/mol. The highest BCUT2D eigenvalue weighted by atomic mass is 79.9. The molecule has 0 unspecified atom stereocenters. The number of halogens is 1. The summed E-state index contributed by atoms with van der Waals surface area (Å²) >= 11 is 5.09. The molecule has 0 saturated carbocycles. The smallest absolute Gasteiger partial charge is 0.269 e. The van der Waals surface area contributed by atoms with Gasteiger partial charge in [-0.2, -0.15) is 0 Å². The zero-order valence-corrected chi connectivity index (χ0v) is 17.5. The van der Waals surface area contributed by atoms with Gasteiger partial charge in [-0.25, -0.2) is 0 Å². The number of aromatic nitrogens is 3. The topological polar surface area (TPSA) is 73.8 Å². The molecule has 0 saturated heterocycles. The van der Waals surface area contributed by atoms with Crippen molar-refractivity contribution in [3.8, 4) is 17.1 Å². The molecule has 0 aliphatic rings. The molecule has 6 nitrogen and oxygen atoms in total. The van der Waals surface area contributed by atoms with E-state index in [1.807, 2.05) is 47.0 Å². The molecule has 0 radical (unpaired) electrons. The molecule has 0 amide bonds. The third-order valence-electron chi connectivity index (χ3n) is 4.24. The van der Waals surface area contributed by atoms with Crippen LogP contribution in [0.1, 0.15) is 5.56 Å². The van der Waals surface area contributed by atoms with Gasteiger partial charge in [0, 0.05) is 33.6 Å². The standard InChI is InChI=1S/C21H15BrN4O2S/c22-17-6-4-5-15(13-17)14-29-21-24-23-20(25(21)18-7-2-1-3-8-18)16-9-11-19(12-10-16)26(27)28/h1-13H,14H2. The highest BCUT2D eigenvalue weighted by molar-refractivity contribution is 9.10. The Bertz CT molecular complexity index is 1150. The second-order valence-electron chi connectivity index (χ2n) is 6.20. The summed E-state index contributed by atoms with van der Waals surface area (Å²) in [4.78, 5) is 10.5. The summed E-state index contributed by atoms with van der Waals surface area (Å²) in [6.07, 6.45) is 0. The molecule has 29 heavy (non-hydrogen) atoms. The average Bonchev–Trinajstić information content (AvgIpc) is 3.17. The number of nitrogens with zero attached hydrogens (tertiary/aromatic N) is 4. The van der Waals surface area contributed by atoms with Crippen molar-refractivity contribution >= 4 is 33.4 Å². The van der Waals surface area contributed by atoms with E-state index in [-0.39, 0.29) is 5.69 Å². The van der Waals surface area contributed by atoms with Gasteiger partial charge >= 0.3 is 0 Å². The normalized spacial score (nSPS) is 10.8. The van der Waals surface area contributed by atoms with Crippen LogP contribution < -0.4 is 0 Å². The van der Waals surface area contributed by atoms with Gasteiger partial charge in [-0.3, -0.25) is 14.7 Å². The Kier molecular flexibility index (Phi) is 5.73. The molecule has 0 atom stereocenters. The van der Waals surface area contributed by atoms with E-state index in [4.69, 9.17) is 0 Å². The fraction of sp³-hybridized carbons (Fsp3) is 0.0476. The molecule has 0 spiro atoms. The second kappa shape index (κ2) is 8.59. The lowest BCUT2D eigenvalue weighted by Gasteiger charge is -2.10. The molecule has 0 aliphatic carbocycles. The van der Waals surface area contributed by atoms with Crippen LogP contribution in [0.5, 0.6) is 0 Å². The summed E-state index contributed by atoms with van der Waals surface area (Å²) in [5.41, 5.74) is 2.91. The molecule has 0 N–H and O–H groups in total. The third-order valence-corrected chi connectivity index (χ3v) is 5.73. The number of hydrogen-bond donors (Lipinski definition) is 0. The molecule has 3 aromatic carbocycles. The van der Waals surface area contributed by atoms with Crippen LogP contribution in [0.25, 0.3) is 17.1 Å². The fourth-order valence-electron chi connectivity index (χ4n) is 2.87. The first-order valence-electron chi connectivity index (χ1n) is 8.75. The van der Waals surface area contributed by atoms with Gasteiger partial charge in [-0.1, -0.05) is 58.0 Å². The Balaban J connectivity index is 1.71. The third kappa shape index (κ3) is 4.38. The molecular formula is C21H15BrN4O2S. The van der Waals surface area contributed by atoms with Crippen molar-refractivity contribution in [3.05, 3.63) is 99.0 Å². The maximum atomic E-state index is 11.0. The molecule has 4 aromatic rings. The van der Waals surface area contributed by atoms with Crippen LogP contribution in [0.15, 0.2) is 88.5 Å². The average molecular weight is 467 g/mol. The van der Waals surface area contributed by atoms with Crippen LogP contribution in [-0.2, 0) is 5.75 Å². The quantitative estimate of drug-likeness (QED) is 0.201.